The number of fused-ring (bicyclic) bond motifs is 2. The molecule has 8 heteroatoms. The fourth-order valence-electron chi connectivity index (χ4n) is 4.32. The van der Waals surface area contributed by atoms with Gasteiger partial charge in [-0.25, -0.2) is 9.78 Å². The van der Waals surface area contributed by atoms with Crippen molar-refractivity contribution < 1.29 is 14.3 Å². The molecule has 1 unspecified atom stereocenters. The molecule has 0 bridgehead atoms. The molecule has 6 nitrogen and oxygen atoms in total. The molecule has 0 radical (unpaired) electrons. The van der Waals surface area contributed by atoms with Gasteiger partial charge in [0.15, 0.2) is 5.56 Å². The van der Waals surface area contributed by atoms with Crippen molar-refractivity contribution in [2.45, 2.75) is 37.2 Å². The van der Waals surface area contributed by atoms with Gasteiger partial charge in [0.2, 0.25) is 5.91 Å². The van der Waals surface area contributed by atoms with Crippen LogP contribution >= 0.6 is 22.9 Å². The third-order valence-corrected chi connectivity index (χ3v) is 7.15. The van der Waals surface area contributed by atoms with Gasteiger partial charge in [-0.1, -0.05) is 23.7 Å². The average Bonchev–Trinajstić information content (AvgIpc) is 3.35. The number of likely N-dealkylation sites (N-methyl/N-ethyl adjacent to an activating group) is 1. The number of aromatic nitrogens is 1. The van der Waals surface area contributed by atoms with E-state index >= 15 is 0 Å². The Morgan fingerprint density at radius 2 is 2.17 bits per heavy atom. The summed E-state index contributed by atoms with van der Waals surface area (Å²) in [5.41, 5.74) is 4.35. The number of benzene rings is 1. The molecule has 3 aliphatic rings. The van der Waals surface area contributed by atoms with Crippen molar-refractivity contribution in [3.63, 3.8) is 0 Å². The number of hydrogen-bond acceptors (Lipinski definition) is 5. The van der Waals surface area contributed by atoms with E-state index in [0.717, 1.165) is 52.4 Å². The maximum atomic E-state index is 12.6. The normalized spacial score (nSPS) is 20.2. The van der Waals surface area contributed by atoms with Crippen LogP contribution in [-0.4, -0.2) is 47.6 Å². The number of thiazole rings is 1. The second-order valence-corrected chi connectivity index (χ2v) is 9.54. The summed E-state index contributed by atoms with van der Waals surface area (Å²) in [5.74, 6) is 0.215. The van der Waals surface area contributed by atoms with E-state index < -0.39 is 5.56 Å². The molecule has 0 N–H and O–H groups in total. The molecule has 156 valence electrons. The fourth-order valence-corrected chi connectivity index (χ4v) is 5.30. The smallest absolute Gasteiger partial charge is 0.411 e. The van der Waals surface area contributed by atoms with Gasteiger partial charge in [0.25, 0.3) is 0 Å². The van der Waals surface area contributed by atoms with Gasteiger partial charge in [-0.05, 0) is 49.5 Å². The molecule has 3 heterocycles. The van der Waals surface area contributed by atoms with Crippen LogP contribution < -0.4 is 4.90 Å². The van der Waals surface area contributed by atoms with E-state index in [1.54, 1.807) is 28.1 Å². The van der Waals surface area contributed by atoms with Crippen molar-refractivity contribution in [1.29, 1.82) is 0 Å². The number of carbonyl (C=O) groups excluding carboxylic acids is 2. The van der Waals surface area contributed by atoms with E-state index in [0.29, 0.717) is 13.1 Å². The van der Waals surface area contributed by atoms with Crippen molar-refractivity contribution in [3.8, 4) is 11.3 Å². The van der Waals surface area contributed by atoms with E-state index in [2.05, 4.69) is 11.4 Å². The minimum atomic E-state index is -0.637. The number of anilines is 1. The maximum absolute atomic E-state index is 12.6. The molecule has 2 amide bonds. The summed E-state index contributed by atoms with van der Waals surface area (Å²) < 4.78 is 5.05. The van der Waals surface area contributed by atoms with Gasteiger partial charge >= 0.3 is 6.09 Å². The first-order valence-electron chi connectivity index (χ1n) is 10.1. The van der Waals surface area contributed by atoms with Gasteiger partial charge < -0.3 is 14.5 Å². The summed E-state index contributed by atoms with van der Waals surface area (Å²) >= 11 is 7.34. The van der Waals surface area contributed by atoms with Crippen molar-refractivity contribution in [1.82, 2.24) is 9.88 Å². The van der Waals surface area contributed by atoms with Crippen LogP contribution in [-0.2, 0) is 14.9 Å². The quantitative estimate of drug-likeness (QED) is 0.649. The van der Waals surface area contributed by atoms with Crippen LogP contribution in [0.25, 0.3) is 16.8 Å². The zero-order chi connectivity index (χ0) is 21.0. The van der Waals surface area contributed by atoms with E-state index in [1.165, 1.54) is 0 Å². The Bertz CT molecular complexity index is 1070. The molecule has 1 saturated carbocycles. The number of halogens is 1. The van der Waals surface area contributed by atoms with Gasteiger partial charge in [-0.15, -0.1) is 11.3 Å². The fraction of sp³-hybridized carbons (Fsp3) is 0.409. The van der Waals surface area contributed by atoms with Crippen molar-refractivity contribution in [2.75, 3.05) is 25.0 Å². The zero-order valence-electron chi connectivity index (χ0n) is 16.9. The first kappa shape index (κ1) is 19.6. The number of nitrogens with zero attached hydrogens (tertiary/aromatic N) is 3. The largest absolute Gasteiger partial charge is 0.430 e. The van der Waals surface area contributed by atoms with Crippen LogP contribution in [0.15, 0.2) is 29.7 Å². The molecular formula is C22H22ClN3O3S. The summed E-state index contributed by atoms with van der Waals surface area (Å²) in [4.78, 5) is 32.9. The Labute approximate surface area is 184 Å². The highest BCUT2D eigenvalue weighted by Crippen LogP contribution is 2.57. The number of hydrogen-bond donors (Lipinski definition) is 0. The lowest BCUT2D eigenvalue weighted by Crippen LogP contribution is -2.36. The van der Waals surface area contributed by atoms with Crippen LogP contribution in [0.5, 0.6) is 0 Å². The number of ether oxygens (including phenoxy) is 1. The molecule has 1 atom stereocenters. The number of rotatable bonds is 3. The number of alkyl halides is 1. The Morgan fingerprint density at radius 1 is 1.37 bits per heavy atom. The van der Waals surface area contributed by atoms with Gasteiger partial charge in [-0.3, -0.25) is 4.79 Å². The average molecular weight is 444 g/mol. The highest BCUT2D eigenvalue weighted by atomic mass is 35.5. The van der Waals surface area contributed by atoms with E-state index in [1.807, 2.05) is 25.3 Å². The third kappa shape index (κ3) is 3.11. The molecule has 30 heavy (non-hydrogen) atoms. The maximum Gasteiger partial charge on any atom is 0.411 e. The van der Waals surface area contributed by atoms with Crippen molar-refractivity contribution in [3.05, 3.63) is 40.2 Å². The molecule has 2 aliphatic heterocycles. The second kappa shape index (κ2) is 7.10. The highest BCUT2D eigenvalue weighted by Gasteiger charge is 2.58. The molecule has 1 fully saturated rings. The molecule has 0 saturated heterocycles. The van der Waals surface area contributed by atoms with E-state index in [9.17, 15) is 9.59 Å². The topological polar surface area (TPSA) is 62.7 Å². The third-order valence-electron chi connectivity index (χ3n) is 6.14. The summed E-state index contributed by atoms with van der Waals surface area (Å²) in [5, 5.41) is 3.03. The second-order valence-electron chi connectivity index (χ2n) is 8.07. The predicted octanol–water partition coefficient (Wildman–Crippen LogP) is 4.63. The van der Waals surface area contributed by atoms with Crippen LogP contribution in [0.3, 0.4) is 0 Å². The van der Waals surface area contributed by atoms with E-state index in [-0.39, 0.29) is 17.4 Å². The molecule has 2 aromatic rings. The zero-order valence-corrected chi connectivity index (χ0v) is 18.4. The first-order valence-corrected chi connectivity index (χ1v) is 11.4. The van der Waals surface area contributed by atoms with E-state index in [4.69, 9.17) is 21.3 Å². The molecule has 1 spiro atoms. The van der Waals surface area contributed by atoms with Gasteiger partial charge in [0.1, 0.15) is 5.01 Å². The molecule has 1 aromatic carbocycles. The number of amides is 2. The minimum absolute atomic E-state index is 0.215. The summed E-state index contributed by atoms with van der Waals surface area (Å²) in [7, 11) is 1.86. The predicted molar refractivity (Wildman–Crippen MR) is 118 cm³/mol. The van der Waals surface area contributed by atoms with Gasteiger partial charge in [-0.2, -0.15) is 0 Å². The lowest BCUT2D eigenvalue weighted by Gasteiger charge is -2.25. The molecule has 5 rings (SSSR count). The first-order chi connectivity index (χ1) is 14.4. The molecule has 1 aromatic heterocycles. The minimum Gasteiger partial charge on any atom is -0.430 e. The summed E-state index contributed by atoms with van der Waals surface area (Å²) in [6.07, 6.45) is 4.24. The lowest BCUT2D eigenvalue weighted by molar-refractivity contribution is -0.119. The Kier molecular flexibility index (Phi) is 4.63. The van der Waals surface area contributed by atoms with Crippen molar-refractivity contribution >= 4 is 46.2 Å². The summed E-state index contributed by atoms with van der Waals surface area (Å²) in [6.45, 7) is 2.70. The Morgan fingerprint density at radius 3 is 2.83 bits per heavy atom. The van der Waals surface area contributed by atoms with Gasteiger partial charge in [0, 0.05) is 36.8 Å². The Balaban J connectivity index is 1.35. The SMILES string of the molecule is CC(Cl)OC(=O)N1CC=C(c2nc(-c3ccc4c(c3)C3(CC3)C(=O)N4C)cs2)CC1. The van der Waals surface area contributed by atoms with Crippen molar-refractivity contribution in [2.24, 2.45) is 0 Å². The summed E-state index contributed by atoms with van der Waals surface area (Å²) in [6, 6.07) is 6.22. The van der Waals surface area contributed by atoms with Crippen LogP contribution in [0.2, 0.25) is 0 Å². The van der Waals surface area contributed by atoms with Crippen LogP contribution in [0, 0.1) is 0 Å². The standard InChI is InChI=1S/C22H22ClN3O3S/c1-13(23)29-21(28)26-9-5-14(6-10-26)19-24-17(12-30-19)15-3-4-18-16(11-15)22(7-8-22)20(27)25(18)2/h3-5,11-13H,6-10H2,1-2H3. The molecular weight excluding hydrogens is 422 g/mol. The Hall–Kier alpha value is -2.38. The van der Waals surface area contributed by atoms with Crippen LogP contribution in [0.4, 0.5) is 10.5 Å². The highest BCUT2D eigenvalue weighted by molar-refractivity contribution is 7.11. The van der Waals surface area contributed by atoms with Crippen LogP contribution in [0.1, 0.15) is 36.8 Å². The number of carbonyl (C=O) groups is 2. The monoisotopic (exact) mass is 443 g/mol. The lowest BCUT2D eigenvalue weighted by atomic mass is 9.95. The molecule has 1 aliphatic carbocycles. The van der Waals surface area contributed by atoms with Gasteiger partial charge in [0.05, 0.1) is 11.1 Å².